The lowest BCUT2D eigenvalue weighted by atomic mass is 9.99. The molecule has 0 aliphatic heterocycles. The van der Waals surface area contributed by atoms with Gasteiger partial charge in [0.1, 0.15) is 17.1 Å². The molecule has 0 saturated carbocycles. The maximum Gasteiger partial charge on any atom is 0.345 e. The van der Waals surface area contributed by atoms with Gasteiger partial charge >= 0.3 is 17.9 Å². The van der Waals surface area contributed by atoms with Crippen molar-refractivity contribution in [1.29, 1.82) is 0 Å². The second-order valence-corrected chi connectivity index (χ2v) is 15.8. The van der Waals surface area contributed by atoms with E-state index in [1.165, 1.54) is 6.07 Å². The Morgan fingerprint density at radius 3 is 1.46 bits per heavy atom. The lowest BCUT2D eigenvalue weighted by molar-refractivity contribution is 0.0680. The highest BCUT2D eigenvalue weighted by Gasteiger charge is 2.24. The molecule has 0 spiro atoms. The van der Waals surface area contributed by atoms with E-state index >= 15 is 0 Å². The Kier molecular flexibility index (Phi) is 13.3. The van der Waals surface area contributed by atoms with E-state index in [4.69, 9.17) is 15.3 Å². The Balaban J connectivity index is 0.000000151. The second-order valence-electron chi connectivity index (χ2n) is 15.8. The molecule has 0 aliphatic rings. The number of carboxylic acids is 3. The number of aromatic nitrogens is 6. The number of aromatic hydroxyl groups is 2. The summed E-state index contributed by atoms with van der Waals surface area (Å²) in [5.74, 6) is -5.05. The molecule has 0 unspecified atom stereocenters. The molecule has 9 aromatic rings. The number of carbonyl (C=O) groups is 3. The van der Waals surface area contributed by atoms with Crippen molar-refractivity contribution in [2.45, 2.75) is 40.0 Å². The fraction of sp³-hybridized carbons (Fsp3) is 0.157. The molecule has 0 aliphatic carbocycles. The van der Waals surface area contributed by atoms with Crippen LogP contribution in [0.15, 0.2) is 118 Å². The van der Waals surface area contributed by atoms with E-state index < -0.39 is 57.2 Å². The van der Waals surface area contributed by atoms with E-state index in [9.17, 15) is 39.0 Å². The first-order valence-electron chi connectivity index (χ1n) is 21.4. The number of rotatable bonds is 9. The summed E-state index contributed by atoms with van der Waals surface area (Å²) in [6.07, 6.45) is 7.01. The van der Waals surface area contributed by atoms with Crippen molar-refractivity contribution in [3.8, 4) is 45.3 Å². The summed E-state index contributed by atoms with van der Waals surface area (Å²) in [4.78, 5) is 81.5. The van der Waals surface area contributed by atoms with Gasteiger partial charge in [-0.1, -0.05) is 45.0 Å². The van der Waals surface area contributed by atoms with Gasteiger partial charge in [0, 0.05) is 71.0 Å². The number of nitrogens with zero attached hydrogens (tertiary/aromatic N) is 3. The number of aryl methyl sites for hydroxylation is 3. The third-order valence-corrected chi connectivity index (χ3v) is 11.7. The predicted molar refractivity (Wildman–Crippen MR) is 258 cm³/mol. The molecule has 9 rings (SSSR count). The SMILES string of the molecule is CCc1c(-c2ccc3c(ccn3C)c2)[nH]c(=O)c(C(=O)O)c1O.CCc1c(-c2ccc3ncccc3c2)[nH]c(=O)c(C(=O)O)c1O.CCc1cc(C(=O)O)c(=O)[nH]c1-c1ccc2c(ccn2C)c1. The first-order valence-corrected chi connectivity index (χ1v) is 21.4. The zero-order chi connectivity index (χ0) is 49.1. The Morgan fingerprint density at radius 1 is 0.544 bits per heavy atom. The summed E-state index contributed by atoms with van der Waals surface area (Å²) >= 11 is 0. The van der Waals surface area contributed by atoms with Gasteiger partial charge in [0.25, 0.3) is 16.7 Å². The molecule has 0 saturated heterocycles. The zero-order valence-electron chi connectivity index (χ0n) is 37.5. The molecule has 0 bridgehead atoms. The molecule has 0 amide bonds. The second kappa shape index (κ2) is 19.2. The number of pyridine rings is 4. The largest absolute Gasteiger partial charge is 0.506 e. The normalized spacial score (nSPS) is 11.0. The number of hydrogen-bond donors (Lipinski definition) is 8. The Morgan fingerprint density at radius 2 is 1.00 bits per heavy atom. The minimum absolute atomic E-state index is 0.221. The van der Waals surface area contributed by atoms with Crippen molar-refractivity contribution in [3.63, 3.8) is 0 Å². The van der Waals surface area contributed by atoms with Crippen LogP contribution in [0.25, 0.3) is 66.5 Å². The average molecular weight is 919 g/mol. The third kappa shape index (κ3) is 8.99. The number of carboxylic acid groups (broad SMARTS) is 3. The Bertz CT molecular complexity index is 3650. The van der Waals surface area contributed by atoms with E-state index in [0.717, 1.165) is 49.4 Å². The van der Waals surface area contributed by atoms with Gasteiger partial charge < -0.3 is 49.6 Å². The zero-order valence-corrected chi connectivity index (χ0v) is 37.5. The van der Waals surface area contributed by atoms with Crippen LogP contribution in [0.2, 0.25) is 0 Å². The first kappa shape index (κ1) is 47.0. The number of H-pyrrole nitrogens is 3. The Labute approximate surface area is 385 Å². The van der Waals surface area contributed by atoms with Crippen molar-refractivity contribution < 1.29 is 39.9 Å². The van der Waals surface area contributed by atoms with E-state index in [-0.39, 0.29) is 5.56 Å². The molecule has 6 aromatic heterocycles. The lowest BCUT2D eigenvalue weighted by Crippen LogP contribution is -2.20. The van der Waals surface area contributed by atoms with Gasteiger partial charge in [-0.3, -0.25) is 19.4 Å². The van der Waals surface area contributed by atoms with E-state index in [2.05, 4.69) is 19.9 Å². The summed E-state index contributed by atoms with van der Waals surface area (Å²) in [6, 6.07) is 26.1. The van der Waals surface area contributed by atoms with Gasteiger partial charge in [0.05, 0.1) is 22.6 Å². The summed E-state index contributed by atoms with van der Waals surface area (Å²) in [5.41, 5.74) is 4.74. The summed E-state index contributed by atoms with van der Waals surface area (Å²) in [7, 11) is 3.91. The highest BCUT2D eigenvalue weighted by atomic mass is 16.4. The molecule has 0 radical (unpaired) electrons. The first-order chi connectivity index (χ1) is 32.5. The maximum absolute atomic E-state index is 12.0. The number of aromatic carboxylic acids is 3. The molecule has 17 nitrogen and oxygen atoms in total. The molecule has 0 atom stereocenters. The molecular formula is C51H46N6O11. The van der Waals surface area contributed by atoms with Crippen LogP contribution in [-0.4, -0.2) is 72.5 Å². The predicted octanol–water partition coefficient (Wildman–Crippen LogP) is 7.85. The monoisotopic (exact) mass is 918 g/mol. The number of hydrogen-bond acceptors (Lipinski definition) is 9. The van der Waals surface area contributed by atoms with Crippen LogP contribution in [0, 0.1) is 0 Å². The van der Waals surface area contributed by atoms with Crippen LogP contribution in [0.1, 0.15) is 68.5 Å². The number of aromatic amines is 3. The topological polar surface area (TPSA) is 274 Å². The molecule has 346 valence electrons. The molecule has 68 heavy (non-hydrogen) atoms. The Hall–Kier alpha value is -8.99. The van der Waals surface area contributed by atoms with Crippen LogP contribution in [0.5, 0.6) is 11.5 Å². The van der Waals surface area contributed by atoms with E-state index in [1.807, 2.05) is 109 Å². The molecule has 8 N–H and O–H groups in total. The van der Waals surface area contributed by atoms with Gasteiger partial charge in [-0.2, -0.15) is 0 Å². The van der Waals surface area contributed by atoms with Gasteiger partial charge in [-0.15, -0.1) is 0 Å². The minimum atomic E-state index is -1.45. The van der Waals surface area contributed by atoms with Crippen molar-refractivity contribution in [2.75, 3.05) is 0 Å². The van der Waals surface area contributed by atoms with Crippen LogP contribution in [-0.2, 0) is 33.4 Å². The fourth-order valence-electron chi connectivity index (χ4n) is 8.21. The summed E-state index contributed by atoms with van der Waals surface area (Å²) in [5, 5.41) is 50.6. The molecular weight excluding hydrogens is 873 g/mol. The van der Waals surface area contributed by atoms with Gasteiger partial charge in [0.2, 0.25) is 0 Å². The standard InChI is InChI=1S/C17H16N2O4.C17H14N2O4.C17H16N2O3/c1-3-11-14(18-16(21)13(15(11)20)17(22)23)10-4-5-12-9(8-10)6-7-19(12)2;1-2-11-14(19-16(21)13(15(11)20)17(22)23)10-5-6-12-9(8-10)4-3-7-18-12;1-3-10-9-13(17(21)22)16(20)18-15(10)12-4-5-14-11(8-12)6-7-19(14)2/h4-8H,3H2,1-2H3,(H,22,23)(H2,18,20,21);3-8H,2H2,1H3,(H,22,23)(H2,19,20,21);4-9H,3H2,1-2H3,(H,18,20)(H,21,22). The van der Waals surface area contributed by atoms with Crippen LogP contribution in [0.3, 0.4) is 0 Å². The fourth-order valence-corrected chi connectivity index (χ4v) is 8.21. The molecule has 0 fully saturated rings. The highest BCUT2D eigenvalue weighted by molar-refractivity contribution is 5.94. The molecule has 3 aromatic carbocycles. The third-order valence-electron chi connectivity index (χ3n) is 11.7. The maximum atomic E-state index is 12.0. The van der Waals surface area contributed by atoms with Crippen LogP contribution >= 0.6 is 0 Å². The average Bonchev–Trinajstić information content (AvgIpc) is 3.88. The van der Waals surface area contributed by atoms with Crippen molar-refractivity contribution in [3.05, 3.63) is 168 Å². The number of fused-ring (bicyclic) bond motifs is 3. The van der Waals surface area contributed by atoms with E-state index in [1.54, 1.807) is 32.2 Å². The number of nitrogens with one attached hydrogen (secondary N) is 3. The van der Waals surface area contributed by atoms with Crippen LogP contribution in [0.4, 0.5) is 0 Å². The van der Waals surface area contributed by atoms with E-state index in [0.29, 0.717) is 53.0 Å². The number of benzene rings is 3. The minimum Gasteiger partial charge on any atom is -0.506 e. The van der Waals surface area contributed by atoms with Gasteiger partial charge in [-0.25, -0.2) is 14.4 Å². The van der Waals surface area contributed by atoms with Crippen molar-refractivity contribution in [1.82, 2.24) is 29.1 Å². The highest BCUT2D eigenvalue weighted by Crippen LogP contribution is 2.33. The lowest BCUT2D eigenvalue weighted by Gasteiger charge is -2.12. The quantitative estimate of drug-likeness (QED) is 0.0688. The molecule has 17 heteroatoms. The van der Waals surface area contributed by atoms with Gasteiger partial charge in [0.15, 0.2) is 11.1 Å². The smallest absolute Gasteiger partial charge is 0.345 e. The summed E-state index contributed by atoms with van der Waals surface area (Å²) < 4.78 is 4.00. The van der Waals surface area contributed by atoms with Crippen molar-refractivity contribution in [2.24, 2.45) is 14.1 Å². The van der Waals surface area contributed by atoms with Gasteiger partial charge in [-0.05, 0) is 102 Å². The molecule has 6 heterocycles. The van der Waals surface area contributed by atoms with Crippen molar-refractivity contribution >= 4 is 50.6 Å². The van der Waals surface area contributed by atoms with Crippen LogP contribution < -0.4 is 16.7 Å². The summed E-state index contributed by atoms with van der Waals surface area (Å²) in [6.45, 7) is 5.51.